The Morgan fingerprint density at radius 3 is 2.00 bits per heavy atom. The quantitative estimate of drug-likeness (QED) is 0.630. The molecule has 0 heterocycles. The average molecular weight is 171 g/mol. The highest BCUT2D eigenvalue weighted by Gasteiger charge is 2.20. The van der Waals surface area contributed by atoms with Gasteiger partial charge < -0.3 is 4.98 Å². The van der Waals surface area contributed by atoms with Crippen LogP contribution >= 0.6 is 0 Å². The van der Waals surface area contributed by atoms with E-state index in [1.807, 2.05) is 0 Å². The summed E-state index contributed by atoms with van der Waals surface area (Å²) in [6, 6.07) is 0.857. The minimum absolute atomic E-state index is 0.857. The van der Waals surface area contributed by atoms with Crippen molar-refractivity contribution in [1.82, 2.24) is 4.98 Å². The Hall–Kier alpha value is 0.177. The largest absolute Gasteiger partial charge is 0.335 e. The minimum Gasteiger partial charge on any atom is -0.335 e. The van der Waals surface area contributed by atoms with Gasteiger partial charge in [-0.1, -0.05) is 38.9 Å². The van der Waals surface area contributed by atoms with Gasteiger partial charge in [0, 0.05) is 6.04 Å². The standard InChI is InChI=1S/C9H21NSi/c1-11(2,3)10-9-7-5-4-6-8-9/h9-10H,4-8H2,1-3H3. The van der Waals surface area contributed by atoms with Crippen LogP contribution in [0.4, 0.5) is 0 Å². The van der Waals surface area contributed by atoms with Crippen LogP contribution in [0.25, 0.3) is 0 Å². The maximum atomic E-state index is 3.80. The zero-order chi connectivity index (χ0) is 8.32. The van der Waals surface area contributed by atoms with E-state index in [4.69, 9.17) is 0 Å². The molecule has 1 nitrogen and oxygen atoms in total. The highest BCUT2D eigenvalue weighted by atomic mass is 28.3. The second kappa shape index (κ2) is 3.72. The van der Waals surface area contributed by atoms with Crippen molar-refractivity contribution in [3.05, 3.63) is 0 Å². The molecule has 1 aliphatic rings. The number of hydrogen-bond acceptors (Lipinski definition) is 1. The molecule has 0 aromatic rings. The molecular weight excluding hydrogens is 150 g/mol. The summed E-state index contributed by atoms with van der Waals surface area (Å²) >= 11 is 0. The monoisotopic (exact) mass is 171 g/mol. The molecule has 0 saturated heterocycles. The summed E-state index contributed by atoms with van der Waals surface area (Å²) < 4.78 is 0. The van der Waals surface area contributed by atoms with Gasteiger partial charge in [-0.15, -0.1) is 0 Å². The van der Waals surface area contributed by atoms with Gasteiger partial charge in [0.15, 0.2) is 0 Å². The van der Waals surface area contributed by atoms with Crippen LogP contribution in [0.2, 0.25) is 19.6 Å². The Balaban J connectivity index is 2.24. The van der Waals surface area contributed by atoms with Crippen molar-refractivity contribution < 1.29 is 0 Å². The van der Waals surface area contributed by atoms with Crippen LogP contribution < -0.4 is 4.98 Å². The van der Waals surface area contributed by atoms with Crippen molar-refractivity contribution in [3.63, 3.8) is 0 Å². The summed E-state index contributed by atoms with van der Waals surface area (Å²) in [6.07, 6.45) is 7.20. The van der Waals surface area contributed by atoms with Crippen LogP contribution in [-0.4, -0.2) is 14.3 Å². The van der Waals surface area contributed by atoms with E-state index in [0.717, 1.165) is 6.04 Å². The molecule has 1 aliphatic carbocycles. The Morgan fingerprint density at radius 1 is 1.00 bits per heavy atom. The summed E-state index contributed by atoms with van der Waals surface area (Å²) in [7, 11) is -0.995. The lowest BCUT2D eigenvalue weighted by Gasteiger charge is -2.29. The third-order valence-corrected chi connectivity index (χ3v) is 3.52. The first kappa shape index (κ1) is 9.27. The van der Waals surface area contributed by atoms with Gasteiger partial charge in [0.05, 0.1) is 0 Å². The summed E-state index contributed by atoms with van der Waals surface area (Å²) in [5.74, 6) is 0. The molecule has 1 N–H and O–H groups in total. The molecule has 11 heavy (non-hydrogen) atoms. The smallest absolute Gasteiger partial charge is 0.116 e. The predicted octanol–water partition coefficient (Wildman–Crippen LogP) is 2.74. The molecule has 66 valence electrons. The maximum Gasteiger partial charge on any atom is 0.116 e. The van der Waals surface area contributed by atoms with Crippen molar-refractivity contribution in [2.45, 2.75) is 57.8 Å². The van der Waals surface area contributed by atoms with E-state index in [-0.39, 0.29) is 0 Å². The van der Waals surface area contributed by atoms with Gasteiger partial charge in [0.1, 0.15) is 8.24 Å². The van der Waals surface area contributed by atoms with Gasteiger partial charge in [-0.25, -0.2) is 0 Å². The van der Waals surface area contributed by atoms with Gasteiger partial charge in [0.25, 0.3) is 0 Å². The second-order valence-electron chi connectivity index (χ2n) is 4.73. The van der Waals surface area contributed by atoms with E-state index in [9.17, 15) is 0 Å². The summed E-state index contributed by atoms with van der Waals surface area (Å²) in [4.78, 5) is 3.80. The summed E-state index contributed by atoms with van der Waals surface area (Å²) in [5, 5.41) is 0. The first-order chi connectivity index (χ1) is 5.08. The van der Waals surface area contributed by atoms with Crippen LogP contribution in [-0.2, 0) is 0 Å². The van der Waals surface area contributed by atoms with Crippen molar-refractivity contribution >= 4 is 8.24 Å². The van der Waals surface area contributed by atoms with Crippen LogP contribution in [0.1, 0.15) is 32.1 Å². The first-order valence-corrected chi connectivity index (χ1v) is 8.36. The fraction of sp³-hybridized carbons (Fsp3) is 1.00. The topological polar surface area (TPSA) is 12.0 Å². The fourth-order valence-corrected chi connectivity index (χ4v) is 3.37. The lowest BCUT2D eigenvalue weighted by molar-refractivity contribution is 0.414. The Bertz CT molecular complexity index is 111. The molecule has 0 amide bonds. The van der Waals surface area contributed by atoms with Gasteiger partial charge in [-0.05, 0) is 12.8 Å². The molecule has 0 aromatic heterocycles. The van der Waals surface area contributed by atoms with Crippen LogP contribution in [0.3, 0.4) is 0 Å². The molecule has 0 spiro atoms. The zero-order valence-corrected chi connectivity index (χ0v) is 9.11. The van der Waals surface area contributed by atoms with Crippen LogP contribution in [0, 0.1) is 0 Å². The van der Waals surface area contributed by atoms with Gasteiger partial charge in [-0.2, -0.15) is 0 Å². The molecule has 1 saturated carbocycles. The van der Waals surface area contributed by atoms with Crippen molar-refractivity contribution in [2.75, 3.05) is 0 Å². The Labute approximate surface area is 71.7 Å². The molecule has 0 bridgehead atoms. The number of hydrogen-bond donors (Lipinski definition) is 1. The van der Waals surface area contributed by atoms with Crippen LogP contribution in [0.15, 0.2) is 0 Å². The van der Waals surface area contributed by atoms with E-state index in [2.05, 4.69) is 24.6 Å². The van der Waals surface area contributed by atoms with Gasteiger partial charge in [-0.3, -0.25) is 0 Å². The number of nitrogens with one attached hydrogen (secondary N) is 1. The molecule has 2 heteroatoms. The lowest BCUT2D eigenvalue weighted by Crippen LogP contribution is -2.48. The molecule has 0 unspecified atom stereocenters. The predicted molar refractivity (Wildman–Crippen MR) is 53.4 cm³/mol. The minimum atomic E-state index is -0.995. The van der Waals surface area contributed by atoms with Crippen LogP contribution in [0.5, 0.6) is 0 Å². The number of rotatable bonds is 2. The molecule has 0 atom stereocenters. The highest BCUT2D eigenvalue weighted by molar-refractivity contribution is 6.73. The van der Waals surface area contributed by atoms with E-state index in [0.29, 0.717) is 0 Å². The third kappa shape index (κ3) is 3.92. The van der Waals surface area contributed by atoms with Crippen molar-refractivity contribution in [3.8, 4) is 0 Å². The normalized spacial score (nSPS) is 22.1. The van der Waals surface area contributed by atoms with Crippen molar-refractivity contribution in [1.29, 1.82) is 0 Å². The molecule has 0 radical (unpaired) electrons. The molecule has 0 aliphatic heterocycles. The van der Waals surface area contributed by atoms with Crippen molar-refractivity contribution in [2.24, 2.45) is 0 Å². The molecule has 1 fully saturated rings. The summed E-state index contributed by atoms with van der Waals surface area (Å²) in [5.41, 5.74) is 0. The van der Waals surface area contributed by atoms with Gasteiger partial charge >= 0.3 is 0 Å². The highest BCUT2D eigenvalue weighted by Crippen LogP contribution is 2.18. The van der Waals surface area contributed by atoms with E-state index in [1.165, 1.54) is 32.1 Å². The molecule has 1 rings (SSSR count). The third-order valence-electron chi connectivity index (χ3n) is 2.24. The van der Waals surface area contributed by atoms with E-state index >= 15 is 0 Å². The molecule has 0 aromatic carbocycles. The molecular formula is C9H21NSi. The first-order valence-electron chi connectivity index (χ1n) is 4.86. The van der Waals surface area contributed by atoms with E-state index in [1.54, 1.807) is 0 Å². The Kier molecular flexibility index (Phi) is 3.13. The average Bonchev–Trinajstić information content (AvgIpc) is 1.85. The fourth-order valence-electron chi connectivity index (χ4n) is 1.86. The SMILES string of the molecule is C[Si](C)(C)NC1CCCCC1. The second-order valence-corrected chi connectivity index (χ2v) is 9.52. The zero-order valence-electron chi connectivity index (χ0n) is 8.11. The van der Waals surface area contributed by atoms with Gasteiger partial charge in [0.2, 0.25) is 0 Å². The lowest BCUT2D eigenvalue weighted by atomic mass is 9.96. The summed E-state index contributed by atoms with van der Waals surface area (Å²) in [6.45, 7) is 7.17. The maximum absolute atomic E-state index is 3.80. The van der Waals surface area contributed by atoms with E-state index < -0.39 is 8.24 Å². The Morgan fingerprint density at radius 2 is 1.55 bits per heavy atom.